The van der Waals surface area contributed by atoms with Crippen LogP contribution in [0.1, 0.15) is 26.2 Å². The van der Waals surface area contributed by atoms with Crippen LogP contribution in [-0.4, -0.2) is 27.0 Å². The van der Waals surface area contributed by atoms with E-state index in [2.05, 4.69) is 5.32 Å². The predicted octanol–water partition coefficient (Wildman–Crippen LogP) is 2.13. The number of phenolic OH excluding ortho intramolecular Hbond substituents is 1. The summed E-state index contributed by atoms with van der Waals surface area (Å²) >= 11 is 0. The SMILES string of the molecule is CCC(CCC(=O)Nc1cc([N+](=O)[O-])ccc1O)C(=O)O. The molecule has 1 aromatic carbocycles. The molecule has 0 spiro atoms. The maximum Gasteiger partial charge on any atom is 0.306 e. The summed E-state index contributed by atoms with van der Waals surface area (Å²) in [6.45, 7) is 1.71. The quantitative estimate of drug-likeness (QED) is 0.401. The molecule has 3 N–H and O–H groups in total. The summed E-state index contributed by atoms with van der Waals surface area (Å²) in [6.07, 6.45) is 0.519. The van der Waals surface area contributed by atoms with Crippen LogP contribution >= 0.6 is 0 Å². The molecular weight excluding hydrogens is 280 g/mol. The molecule has 0 fully saturated rings. The number of non-ortho nitro benzene ring substituents is 1. The number of aliphatic carboxylic acids is 1. The second-order valence-corrected chi connectivity index (χ2v) is 4.49. The van der Waals surface area contributed by atoms with E-state index in [1.807, 2.05) is 0 Å². The molecule has 0 saturated carbocycles. The monoisotopic (exact) mass is 296 g/mol. The fraction of sp³-hybridized carbons (Fsp3) is 0.385. The molecule has 1 amide bonds. The summed E-state index contributed by atoms with van der Waals surface area (Å²) < 4.78 is 0. The Morgan fingerprint density at radius 3 is 2.62 bits per heavy atom. The number of carbonyl (C=O) groups excluding carboxylic acids is 1. The number of anilines is 1. The minimum atomic E-state index is -0.969. The van der Waals surface area contributed by atoms with E-state index >= 15 is 0 Å². The number of nitrogens with one attached hydrogen (secondary N) is 1. The van der Waals surface area contributed by atoms with E-state index in [1.165, 1.54) is 0 Å². The van der Waals surface area contributed by atoms with Gasteiger partial charge in [0, 0.05) is 18.6 Å². The Morgan fingerprint density at radius 1 is 1.43 bits per heavy atom. The molecule has 1 unspecified atom stereocenters. The number of carboxylic acids is 1. The lowest BCUT2D eigenvalue weighted by atomic mass is 10.0. The molecular formula is C13H16N2O6. The summed E-state index contributed by atoms with van der Waals surface area (Å²) in [5, 5.41) is 31.4. The van der Waals surface area contributed by atoms with Crippen molar-refractivity contribution >= 4 is 23.3 Å². The van der Waals surface area contributed by atoms with Crippen molar-refractivity contribution in [3.63, 3.8) is 0 Å². The normalized spacial score (nSPS) is 11.7. The largest absolute Gasteiger partial charge is 0.506 e. The van der Waals surface area contributed by atoms with E-state index in [1.54, 1.807) is 6.92 Å². The Hall–Kier alpha value is -2.64. The number of benzene rings is 1. The number of hydrogen-bond donors (Lipinski definition) is 3. The van der Waals surface area contributed by atoms with Crippen LogP contribution in [0, 0.1) is 16.0 Å². The summed E-state index contributed by atoms with van der Waals surface area (Å²) in [5.74, 6) is -2.39. The molecule has 21 heavy (non-hydrogen) atoms. The third-order valence-electron chi connectivity index (χ3n) is 3.03. The Morgan fingerprint density at radius 2 is 2.10 bits per heavy atom. The molecule has 0 bridgehead atoms. The minimum Gasteiger partial charge on any atom is -0.506 e. The van der Waals surface area contributed by atoms with Crippen LogP contribution in [0.3, 0.4) is 0 Å². The molecule has 0 aromatic heterocycles. The molecule has 114 valence electrons. The lowest BCUT2D eigenvalue weighted by Gasteiger charge is -2.10. The van der Waals surface area contributed by atoms with Crippen molar-refractivity contribution in [2.75, 3.05) is 5.32 Å². The summed E-state index contributed by atoms with van der Waals surface area (Å²) in [5.41, 5.74) is -0.336. The van der Waals surface area contributed by atoms with Gasteiger partial charge in [0.2, 0.25) is 5.91 Å². The smallest absolute Gasteiger partial charge is 0.306 e. The average molecular weight is 296 g/mol. The number of hydrogen-bond acceptors (Lipinski definition) is 5. The van der Waals surface area contributed by atoms with Crippen LogP contribution in [0.5, 0.6) is 5.75 Å². The number of nitrogens with zero attached hydrogens (tertiary/aromatic N) is 1. The maximum absolute atomic E-state index is 11.7. The zero-order valence-corrected chi connectivity index (χ0v) is 11.4. The van der Waals surface area contributed by atoms with Crippen LogP contribution in [0.2, 0.25) is 0 Å². The van der Waals surface area contributed by atoms with Gasteiger partial charge in [-0.3, -0.25) is 19.7 Å². The van der Waals surface area contributed by atoms with Crippen molar-refractivity contribution in [1.82, 2.24) is 0 Å². The molecule has 0 radical (unpaired) electrons. The number of rotatable bonds is 7. The Kier molecular flexibility index (Phi) is 5.65. The number of carbonyl (C=O) groups is 2. The van der Waals surface area contributed by atoms with E-state index < -0.39 is 22.7 Å². The molecule has 1 aromatic rings. The van der Waals surface area contributed by atoms with E-state index in [0.717, 1.165) is 18.2 Å². The second kappa shape index (κ2) is 7.22. The number of aromatic hydroxyl groups is 1. The van der Waals surface area contributed by atoms with Gasteiger partial charge in [0.05, 0.1) is 16.5 Å². The fourth-order valence-electron chi connectivity index (χ4n) is 1.76. The minimum absolute atomic E-state index is 0.0487. The van der Waals surface area contributed by atoms with Crippen LogP contribution in [0.15, 0.2) is 18.2 Å². The number of carboxylic acid groups (broad SMARTS) is 1. The Bertz CT molecular complexity index is 558. The van der Waals surface area contributed by atoms with E-state index in [4.69, 9.17) is 5.11 Å². The first-order valence-corrected chi connectivity index (χ1v) is 6.35. The third-order valence-corrected chi connectivity index (χ3v) is 3.03. The van der Waals surface area contributed by atoms with Crippen LogP contribution in [0.25, 0.3) is 0 Å². The van der Waals surface area contributed by atoms with Crippen molar-refractivity contribution < 1.29 is 24.7 Å². The first-order chi connectivity index (χ1) is 9.85. The van der Waals surface area contributed by atoms with E-state index in [-0.39, 0.29) is 30.0 Å². The summed E-state index contributed by atoms with van der Waals surface area (Å²) in [7, 11) is 0. The standard InChI is InChI=1S/C13H16N2O6/c1-2-8(13(18)19)3-6-12(17)14-10-7-9(15(20)21)4-5-11(10)16/h4-5,7-8,16H,2-3,6H2,1H3,(H,14,17)(H,18,19). The third kappa shape index (κ3) is 4.75. The Balaban J connectivity index is 2.68. The average Bonchev–Trinajstić information content (AvgIpc) is 2.41. The van der Waals surface area contributed by atoms with Gasteiger partial charge in [-0.15, -0.1) is 0 Å². The number of phenols is 1. The topological polar surface area (TPSA) is 130 Å². The van der Waals surface area contributed by atoms with Gasteiger partial charge in [-0.1, -0.05) is 6.92 Å². The molecule has 1 atom stereocenters. The van der Waals surface area contributed by atoms with Crippen LogP contribution < -0.4 is 5.32 Å². The highest BCUT2D eigenvalue weighted by Gasteiger charge is 2.18. The second-order valence-electron chi connectivity index (χ2n) is 4.49. The molecule has 0 aliphatic carbocycles. The van der Waals surface area contributed by atoms with Gasteiger partial charge in [-0.25, -0.2) is 0 Å². The number of amides is 1. The zero-order valence-electron chi connectivity index (χ0n) is 11.4. The van der Waals surface area contributed by atoms with Crippen molar-refractivity contribution in [3.8, 4) is 5.75 Å². The molecule has 8 nitrogen and oxygen atoms in total. The van der Waals surface area contributed by atoms with Crippen molar-refractivity contribution in [3.05, 3.63) is 28.3 Å². The highest BCUT2D eigenvalue weighted by atomic mass is 16.6. The van der Waals surface area contributed by atoms with Gasteiger partial charge in [0.1, 0.15) is 5.75 Å². The fourth-order valence-corrected chi connectivity index (χ4v) is 1.76. The lowest BCUT2D eigenvalue weighted by Crippen LogP contribution is -2.17. The Labute approximate surface area is 120 Å². The molecule has 0 saturated heterocycles. The van der Waals surface area contributed by atoms with Crippen molar-refractivity contribution in [2.45, 2.75) is 26.2 Å². The lowest BCUT2D eigenvalue weighted by molar-refractivity contribution is -0.384. The maximum atomic E-state index is 11.7. The molecule has 8 heteroatoms. The predicted molar refractivity (Wildman–Crippen MR) is 74.0 cm³/mol. The molecule has 0 aliphatic rings. The van der Waals surface area contributed by atoms with Gasteiger partial charge in [0.15, 0.2) is 0 Å². The first-order valence-electron chi connectivity index (χ1n) is 6.35. The van der Waals surface area contributed by atoms with Gasteiger partial charge >= 0.3 is 5.97 Å². The van der Waals surface area contributed by atoms with E-state index in [0.29, 0.717) is 6.42 Å². The molecule has 0 heterocycles. The van der Waals surface area contributed by atoms with Gasteiger partial charge in [-0.2, -0.15) is 0 Å². The highest BCUT2D eigenvalue weighted by molar-refractivity contribution is 5.92. The van der Waals surface area contributed by atoms with Crippen LogP contribution in [-0.2, 0) is 9.59 Å². The van der Waals surface area contributed by atoms with Gasteiger partial charge in [-0.05, 0) is 18.9 Å². The summed E-state index contributed by atoms with van der Waals surface area (Å²) in [4.78, 5) is 32.5. The van der Waals surface area contributed by atoms with Gasteiger partial charge in [0.25, 0.3) is 5.69 Å². The number of nitro groups is 1. The molecule has 0 aliphatic heterocycles. The van der Waals surface area contributed by atoms with Crippen molar-refractivity contribution in [2.24, 2.45) is 5.92 Å². The first kappa shape index (κ1) is 16.4. The van der Waals surface area contributed by atoms with E-state index in [9.17, 15) is 24.8 Å². The summed E-state index contributed by atoms with van der Waals surface area (Å²) in [6, 6.07) is 3.27. The van der Waals surface area contributed by atoms with Gasteiger partial charge < -0.3 is 15.5 Å². The number of nitro benzene ring substituents is 1. The zero-order chi connectivity index (χ0) is 16.0. The van der Waals surface area contributed by atoms with Crippen molar-refractivity contribution in [1.29, 1.82) is 0 Å². The van der Waals surface area contributed by atoms with Crippen LogP contribution in [0.4, 0.5) is 11.4 Å². The molecule has 1 rings (SSSR count). The highest BCUT2D eigenvalue weighted by Crippen LogP contribution is 2.28.